The van der Waals surface area contributed by atoms with E-state index in [1.807, 2.05) is 26.0 Å². The lowest BCUT2D eigenvalue weighted by atomic mass is 9.94. The van der Waals surface area contributed by atoms with Crippen molar-refractivity contribution in [2.24, 2.45) is 4.99 Å². The maximum atomic E-state index is 12.6. The molecule has 37 heavy (non-hydrogen) atoms. The molecule has 0 saturated heterocycles. The Labute approximate surface area is 213 Å². The zero-order valence-corrected chi connectivity index (χ0v) is 20.7. The van der Waals surface area contributed by atoms with Gasteiger partial charge in [0.05, 0.1) is 25.4 Å². The zero-order chi connectivity index (χ0) is 26.4. The molecule has 4 rings (SSSR count). The number of carbonyl (C=O) groups is 3. The molecule has 2 heterocycles. The quantitative estimate of drug-likeness (QED) is 0.405. The summed E-state index contributed by atoms with van der Waals surface area (Å²) in [7, 11) is 1.50. The summed E-state index contributed by atoms with van der Waals surface area (Å²) in [4.78, 5) is 45.3. The van der Waals surface area contributed by atoms with Crippen molar-refractivity contribution < 1.29 is 23.5 Å². The Kier molecular flexibility index (Phi) is 7.47. The number of amides is 3. The molecule has 0 spiro atoms. The van der Waals surface area contributed by atoms with Gasteiger partial charge in [0.15, 0.2) is 12.2 Å². The van der Waals surface area contributed by atoms with Gasteiger partial charge < -0.3 is 25.1 Å². The van der Waals surface area contributed by atoms with Gasteiger partial charge in [-0.2, -0.15) is 0 Å². The monoisotopic (exact) mass is 501 g/mol. The van der Waals surface area contributed by atoms with E-state index in [4.69, 9.17) is 9.15 Å². The zero-order valence-electron chi connectivity index (χ0n) is 20.7. The molecule has 1 aliphatic rings. The number of aliphatic imine (C=N–C) groups is 1. The Balaban J connectivity index is 1.32. The number of oxazole rings is 1. The van der Waals surface area contributed by atoms with E-state index in [0.29, 0.717) is 47.0 Å². The molecule has 3 amide bonds. The first-order chi connectivity index (χ1) is 17.7. The number of nitrogens with one attached hydrogen (secondary N) is 3. The summed E-state index contributed by atoms with van der Waals surface area (Å²) < 4.78 is 10.7. The van der Waals surface area contributed by atoms with Crippen LogP contribution in [0.3, 0.4) is 0 Å². The largest absolute Gasteiger partial charge is 0.496 e. The summed E-state index contributed by atoms with van der Waals surface area (Å²) in [5.41, 5.74) is 2.55. The number of hydrogen-bond donors (Lipinski definition) is 3. The van der Waals surface area contributed by atoms with E-state index in [1.54, 1.807) is 48.8 Å². The number of rotatable bonds is 8. The minimum absolute atomic E-state index is 0.186. The molecule has 3 N–H and O–H groups in total. The number of allylic oxidation sites excluding steroid dienone is 1. The first-order valence-corrected chi connectivity index (χ1v) is 11.5. The molecule has 2 aromatic carbocycles. The Hall–Kier alpha value is -4.73. The van der Waals surface area contributed by atoms with Crippen molar-refractivity contribution in [3.8, 4) is 17.1 Å². The van der Waals surface area contributed by atoms with Crippen LogP contribution < -0.4 is 20.7 Å². The number of ether oxygens (including phenoxy) is 1. The second-order valence-electron chi connectivity index (χ2n) is 9.08. The predicted molar refractivity (Wildman–Crippen MR) is 140 cm³/mol. The highest BCUT2D eigenvalue weighted by Crippen LogP contribution is 2.32. The minimum Gasteiger partial charge on any atom is -0.496 e. The van der Waals surface area contributed by atoms with Crippen molar-refractivity contribution in [1.82, 2.24) is 10.3 Å². The van der Waals surface area contributed by atoms with Crippen molar-refractivity contribution >= 4 is 35.3 Å². The number of nitrogens with zero attached hydrogens (tertiary/aromatic N) is 2. The summed E-state index contributed by atoms with van der Waals surface area (Å²) in [6.45, 7) is 4.04. The van der Waals surface area contributed by atoms with Crippen LogP contribution in [0.5, 0.6) is 5.75 Å². The van der Waals surface area contributed by atoms with E-state index in [9.17, 15) is 14.4 Å². The molecule has 0 unspecified atom stereocenters. The average Bonchev–Trinajstić information content (AvgIpc) is 3.59. The highest BCUT2D eigenvalue weighted by Gasteiger charge is 2.25. The van der Waals surface area contributed by atoms with E-state index >= 15 is 0 Å². The molecular formula is C27H27N5O5. The highest BCUT2D eigenvalue weighted by molar-refractivity contribution is 6.39. The number of carbonyl (C=O) groups excluding carboxylic acids is 3. The summed E-state index contributed by atoms with van der Waals surface area (Å²) in [6.07, 6.45) is 6.64. The molecule has 0 atom stereocenters. The summed E-state index contributed by atoms with van der Waals surface area (Å²) in [6, 6.07) is 12.3. The van der Waals surface area contributed by atoms with Gasteiger partial charge >= 0.3 is 11.8 Å². The highest BCUT2D eigenvalue weighted by atomic mass is 16.5. The molecule has 3 aromatic rings. The molecular weight excluding hydrogens is 474 g/mol. The van der Waals surface area contributed by atoms with E-state index in [0.717, 1.165) is 5.56 Å². The summed E-state index contributed by atoms with van der Waals surface area (Å²) in [5.74, 6) is -0.771. The molecule has 0 aliphatic carbocycles. The van der Waals surface area contributed by atoms with Crippen LogP contribution in [0.1, 0.15) is 19.4 Å². The smallest absolute Gasteiger partial charge is 0.313 e. The van der Waals surface area contributed by atoms with Gasteiger partial charge in [-0.1, -0.05) is 12.1 Å². The van der Waals surface area contributed by atoms with Crippen molar-refractivity contribution in [3.05, 3.63) is 72.3 Å². The van der Waals surface area contributed by atoms with E-state index in [2.05, 4.69) is 25.9 Å². The van der Waals surface area contributed by atoms with Crippen LogP contribution in [0.15, 0.2) is 76.1 Å². The number of benzene rings is 2. The molecule has 0 fully saturated rings. The van der Waals surface area contributed by atoms with Crippen molar-refractivity contribution in [1.29, 1.82) is 0 Å². The second-order valence-corrected chi connectivity index (χ2v) is 9.08. The molecule has 0 saturated carbocycles. The number of hydrogen-bond acceptors (Lipinski definition) is 7. The second kappa shape index (κ2) is 10.9. The van der Waals surface area contributed by atoms with Crippen molar-refractivity contribution in [3.63, 3.8) is 0 Å². The van der Waals surface area contributed by atoms with E-state index in [-0.39, 0.29) is 5.91 Å². The summed E-state index contributed by atoms with van der Waals surface area (Å²) in [5, 5.41) is 8.20. The Bertz CT molecular complexity index is 1360. The van der Waals surface area contributed by atoms with Crippen LogP contribution in [-0.4, -0.2) is 48.1 Å². The van der Waals surface area contributed by atoms with Gasteiger partial charge in [-0.05, 0) is 56.2 Å². The van der Waals surface area contributed by atoms with Gasteiger partial charge in [-0.25, -0.2) is 4.98 Å². The number of aromatic nitrogens is 1. The van der Waals surface area contributed by atoms with Crippen LogP contribution in [0.2, 0.25) is 0 Å². The maximum absolute atomic E-state index is 12.6. The Morgan fingerprint density at radius 1 is 1.03 bits per heavy atom. The third-order valence-corrected chi connectivity index (χ3v) is 5.61. The average molecular weight is 502 g/mol. The molecule has 190 valence electrons. The van der Waals surface area contributed by atoms with Crippen LogP contribution in [0, 0.1) is 0 Å². The fourth-order valence-electron chi connectivity index (χ4n) is 3.84. The van der Waals surface area contributed by atoms with Gasteiger partial charge in [0.2, 0.25) is 0 Å². The van der Waals surface area contributed by atoms with Crippen LogP contribution in [-0.2, 0) is 20.8 Å². The van der Waals surface area contributed by atoms with Gasteiger partial charge in [-0.3, -0.25) is 19.4 Å². The van der Waals surface area contributed by atoms with Crippen molar-refractivity contribution in [2.75, 3.05) is 24.3 Å². The van der Waals surface area contributed by atoms with Crippen LogP contribution in [0.4, 0.5) is 11.4 Å². The lowest BCUT2D eigenvalue weighted by Crippen LogP contribution is -2.49. The molecule has 1 aromatic heterocycles. The number of methoxy groups -OCH3 is 1. The van der Waals surface area contributed by atoms with E-state index < -0.39 is 17.4 Å². The van der Waals surface area contributed by atoms with Gasteiger partial charge in [0.25, 0.3) is 5.91 Å². The van der Waals surface area contributed by atoms with E-state index in [1.165, 1.54) is 13.5 Å². The SMILES string of the molecule is COc1cc(NC(=O)C(=O)NC(C)(C)Cc2ccc(NC(=O)C3=CC=NC3)cc2)ccc1-c1cnco1. The number of anilines is 2. The molecule has 10 heteroatoms. The topological polar surface area (TPSA) is 135 Å². The first kappa shape index (κ1) is 25.4. The lowest BCUT2D eigenvalue weighted by Gasteiger charge is -2.26. The van der Waals surface area contributed by atoms with Gasteiger partial charge in [0.1, 0.15) is 5.75 Å². The third kappa shape index (κ3) is 6.49. The first-order valence-electron chi connectivity index (χ1n) is 11.5. The maximum Gasteiger partial charge on any atom is 0.313 e. The third-order valence-electron chi connectivity index (χ3n) is 5.61. The standard InChI is InChI=1S/C27H27N5O5/c1-27(2,13-17-4-6-19(7-5-17)30-24(33)18-10-11-28-14-18)32-26(35)25(34)31-20-8-9-21(22(12-20)36-3)23-15-29-16-37-23/h4-12,15-16H,13-14H2,1-3H3,(H,30,33)(H,31,34)(H,32,35). The van der Waals surface area contributed by atoms with Crippen LogP contribution >= 0.6 is 0 Å². The fourth-order valence-corrected chi connectivity index (χ4v) is 3.84. The molecule has 1 aliphatic heterocycles. The van der Waals surface area contributed by atoms with Gasteiger partial charge in [-0.15, -0.1) is 0 Å². The fraction of sp³-hybridized carbons (Fsp3) is 0.222. The van der Waals surface area contributed by atoms with Crippen LogP contribution in [0.25, 0.3) is 11.3 Å². The molecule has 0 radical (unpaired) electrons. The normalized spacial score (nSPS) is 12.6. The van der Waals surface area contributed by atoms with Gasteiger partial charge in [0, 0.05) is 34.8 Å². The van der Waals surface area contributed by atoms with Crippen molar-refractivity contribution in [2.45, 2.75) is 25.8 Å². The summed E-state index contributed by atoms with van der Waals surface area (Å²) >= 11 is 0. The predicted octanol–water partition coefficient (Wildman–Crippen LogP) is 3.38. The lowest BCUT2D eigenvalue weighted by molar-refractivity contribution is -0.137. The minimum atomic E-state index is -0.800. The molecule has 0 bridgehead atoms. The molecule has 10 nitrogen and oxygen atoms in total. The Morgan fingerprint density at radius 2 is 1.78 bits per heavy atom. The Morgan fingerprint density at radius 3 is 2.43 bits per heavy atom.